The van der Waals surface area contributed by atoms with Crippen LogP contribution >= 0.6 is 35.0 Å². The summed E-state index contributed by atoms with van der Waals surface area (Å²) in [4.78, 5) is 2.39. The molecule has 0 aliphatic heterocycles. The van der Waals surface area contributed by atoms with Gasteiger partial charge in [-0.15, -0.1) is 0 Å². The topological polar surface area (TPSA) is 15.3 Å². The highest BCUT2D eigenvalue weighted by Gasteiger charge is 2.16. The molecule has 1 aromatic rings. The molecule has 2 nitrogen and oxygen atoms in total. The SMILES string of the molecule is CNC(CCN(C)C(C)CSC)c1cccc(Cl)c1Cl. The van der Waals surface area contributed by atoms with Crippen molar-refractivity contribution in [1.29, 1.82) is 0 Å². The second-order valence-corrected chi connectivity index (χ2v) is 6.75. The molecular formula is C15H24Cl2N2S. The summed E-state index contributed by atoms with van der Waals surface area (Å²) in [5.41, 5.74) is 1.08. The summed E-state index contributed by atoms with van der Waals surface area (Å²) in [6.45, 7) is 3.29. The van der Waals surface area contributed by atoms with E-state index < -0.39 is 0 Å². The zero-order valence-corrected chi connectivity index (χ0v) is 14.9. The average molecular weight is 335 g/mol. The first-order valence-electron chi connectivity index (χ1n) is 6.81. The van der Waals surface area contributed by atoms with E-state index in [4.69, 9.17) is 23.2 Å². The molecule has 1 rings (SSSR count). The van der Waals surface area contributed by atoms with Gasteiger partial charge in [0.1, 0.15) is 0 Å². The number of halogens is 2. The Hall–Kier alpha value is 0.0700. The van der Waals surface area contributed by atoms with Crippen LogP contribution < -0.4 is 5.32 Å². The van der Waals surface area contributed by atoms with E-state index in [1.165, 1.54) is 0 Å². The summed E-state index contributed by atoms with van der Waals surface area (Å²) in [5.74, 6) is 1.15. The summed E-state index contributed by atoms with van der Waals surface area (Å²) < 4.78 is 0. The molecule has 0 radical (unpaired) electrons. The Morgan fingerprint density at radius 2 is 2.05 bits per heavy atom. The molecule has 114 valence electrons. The molecule has 2 unspecified atom stereocenters. The fourth-order valence-corrected chi connectivity index (χ4v) is 3.34. The standard InChI is InChI=1S/C15H24Cl2N2S/c1-11(10-20-4)19(3)9-8-14(18-2)12-6-5-7-13(16)15(12)17/h5-7,11,14,18H,8-10H2,1-4H3. The molecule has 0 aliphatic carbocycles. The van der Waals surface area contributed by atoms with Gasteiger partial charge in [-0.05, 0) is 51.9 Å². The first-order chi connectivity index (χ1) is 9.51. The normalized spacial score (nSPS) is 14.6. The van der Waals surface area contributed by atoms with Gasteiger partial charge >= 0.3 is 0 Å². The Morgan fingerprint density at radius 3 is 2.65 bits per heavy atom. The lowest BCUT2D eigenvalue weighted by molar-refractivity contribution is 0.262. The molecule has 0 bridgehead atoms. The monoisotopic (exact) mass is 334 g/mol. The zero-order valence-electron chi connectivity index (χ0n) is 12.6. The van der Waals surface area contributed by atoms with Crippen LogP contribution in [-0.2, 0) is 0 Å². The number of hydrogen-bond acceptors (Lipinski definition) is 3. The summed E-state index contributed by atoms with van der Waals surface area (Å²) in [5, 5.41) is 4.62. The maximum atomic E-state index is 6.31. The Morgan fingerprint density at radius 1 is 1.35 bits per heavy atom. The minimum absolute atomic E-state index is 0.227. The molecule has 0 saturated heterocycles. The third-order valence-electron chi connectivity index (χ3n) is 3.64. The predicted octanol–water partition coefficient (Wildman–Crippen LogP) is 4.33. The van der Waals surface area contributed by atoms with Crippen LogP contribution in [0.5, 0.6) is 0 Å². The van der Waals surface area contributed by atoms with Gasteiger partial charge in [-0.3, -0.25) is 0 Å². The smallest absolute Gasteiger partial charge is 0.0640 e. The molecule has 0 saturated carbocycles. The first kappa shape index (κ1) is 18.1. The van der Waals surface area contributed by atoms with Crippen molar-refractivity contribution in [2.24, 2.45) is 0 Å². The van der Waals surface area contributed by atoms with E-state index in [-0.39, 0.29) is 6.04 Å². The lowest BCUT2D eigenvalue weighted by Crippen LogP contribution is -2.33. The van der Waals surface area contributed by atoms with E-state index in [2.05, 4.69) is 30.4 Å². The quantitative estimate of drug-likeness (QED) is 0.761. The van der Waals surface area contributed by atoms with Crippen LogP contribution in [0.3, 0.4) is 0 Å². The summed E-state index contributed by atoms with van der Waals surface area (Å²) in [6.07, 6.45) is 3.15. The van der Waals surface area contributed by atoms with Crippen LogP contribution in [0.1, 0.15) is 24.9 Å². The van der Waals surface area contributed by atoms with Gasteiger partial charge in [-0.25, -0.2) is 0 Å². The van der Waals surface area contributed by atoms with Crippen molar-refractivity contribution in [1.82, 2.24) is 10.2 Å². The number of nitrogens with zero attached hydrogens (tertiary/aromatic N) is 1. The van der Waals surface area contributed by atoms with Gasteiger partial charge in [-0.2, -0.15) is 11.8 Å². The van der Waals surface area contributed by atoms with E-state index in [1.54, 1.807) is 0 Å². The molecule has 0 amide bonds. The number of thioether (sulfide) groups is 1. The molecule has 0 aliphatic rings. The number of hydrogen-bond donors (Lipinski definition) is 1. The maximum Gasteiger partial charge on any atom is 0.0640 e. The Bertz CT molecular complexity index is 415. The lowest BCUT2D eigenvalue weighted by Gasteiger charge is -2.27. The Labute approximate surface area is 137 Å². The van der Waals surface area contributed by atoms with Crippen molar-refractivity contribution in [2.45, 2.75) is 25.4 Å². The number of rotatable bonds is 8. The lowest BCUT2D eigenvalue weighted by atomic mass is 10.0. The van der Waals surface area contributed by atoms with E-state index in [0.717, 1.165) is 24.3 Å². The highest BCUT2D eigenvalue weighted by Crippen LogP contribution is 2.31. The van der Waals surface area contributed by atoms with Gasteiger partial charge in [-0.1, -0.05) is 35.3 Å². The number of nitrogens with one attached hydrogen (secondary N) is 1. The maximum absolute atomic E-state index is 6.31. The van der Waals surface area contributed by atoms with E-state index in [0.29, 0.717) is 16.1 Å². The Balaban J connectivity index is 2.66. The summed E-state index contributed by atoms with van der Waals surface area (Å²) in [6, 6.07) is 6.63. The first-order valence-corrected chi connectivity index (χ1v) is 8.96. The van der Waals surface area contributed by atoms with Gasteiger partial charge in [0, 0.05) is 17.8 Å². The molecule has 20 heavy (non-hydrogen) atoms. The van der Waals surface area contributed by atoms with Gasteiger partial charge in [0.2, 0.25) is 0 Å². The second-order valence-electron chi connectivity index (χ2n) is 5.06. The fourth-order valence-electron chi connectivity index (χ4n) is 2.17. The molecule has 0 aromatic heterocycles. The van der Waals surface area contributed by atoms with E-state index in [1.807, 2.05) is 37.0 Å². The predicted molar refractivity (Wildman–Crippen MR) is 93.4 cm³/mol. The summed E-state index contributed by atoms with van der Waals surface area (Å²) in [7, 11) is 4.14. The van der Waals surface area contributed by atoms with E-state index in [9.17, 15) is 0 Å². The van der Waals surface area contributed by atoms with Crippen LogP contribution in [0, 0.1) is 0 Å². The Kier molecular flexibility index (Phi) is 8.30. The highest BCUT2D eigenvalue weighted by molar-refractivity contribution is 7.98. The zero-order chi connectivity index (χ0) is 15.1. The second kappa shape index (κ2) is 9.16. The van der Waals surface area contributed by atoms with Crippen molar-refractivity contribution >= 4 is 35.0 Å². The molecule has 1 N–H and O–H groups in total. The van der Waals surface area contributed by atoms with Crippen LogP contribution in [0.4, 0.5) is 0 Å². The molecule has 0 spiro atoms. The highest BCUT2D eigenvalue weighted by atomic mass is 35.5. The molecular weight excluding hydrogens is 311 g/mol. The van der Waals surface area contributed by atoms with Gasteiger partial charge in [0.05, 0.1) is 10.0 Å². The third-order valence-corrected chi connectivity index (χ3v) is 5.29. The van der Waals surface area contributed by atoms with Crippen molar-refractivity contribution in [2.75, 3.05) is 32.6 Å². The molecule has 1 aromatic carbocycles. The third kappa shape index (κ3) is 5.12. The van der Waals surface area contributed by atoms with Gasteiger partial charge in [0.25, 0.3) is 0 Å². The van der Waals surface area contributed by atoms with Gasteiger partial charge in [0.15, 0.2) is 0 Å². The molecule has 0 fully saturated rings. The van der Waals surface area contributed by atoms with Crippen molar-refractivity contribution in [3.63, 3.8) is 0 Å². The van der Waals surface area contributed by atoms with Crippen molar-refractivity contribution in [3.05, 3.63) is 33.8 Å². The fraction of sp³-hybridized carbons (Fsp3) is 0.600. The van der Waals surface area contributed by atoms with Gasteiger partial charge < -0.3 is 10.2 Å². The minimum atomic E-state index is 0.227. The average Bonchev–Trinajstić information content (AvgIpc) is 2.43. The molecule has 5 heteroatoms. The van der Waals surface area contributed by atoms with Crippen LogP contribution in [0.25, 0.3) is 0 Å². The largest absolute Gasteiger partial charge is 0.313 e. The van der Waals surface area contributed by atoms with E-state index >= 15 is 0 Å². The van der Waals surface area contributed by atoms with Crippen LogP contribution in [0.15, 0.2) is 18.2 Å². The van der Waals surface area contributed by atoms with Crippen LogP contribution in [0.2, 0.25) is 10.0 Å². The van der Waals surface area contributed by atoms with Crippen molar-refractivity contribution in [3.8, 4) is 0 Å². The van der Waals surface area contributed by atoms with Crippen LogP contribution in [-0.4, -0.2) is 43.6 Å². The number of benzene rings is 1. The molecule has 0 heterocycles. The van der Waals surface area contributed by atoms with Crippen molar-refractivity contribution < 1.29 is 0 Å². The molecule has 2 atom stereocenters. The minimum Gasteiger partial charge on any atom is -0.313 e. The summed E-state index contributed by atoms with van der Waals surface area (Å²) >= 11 is 14.3.